The fraction of sp³-hybridized carbons (Fsp3) is 0.308. The van der Waals surface area contributed by atoms with E-state index in [1.807, 2.05) is 56.3 Å². The van der Waals surface area contributed by atoms with Crippen LogP contribution in [0.15, 0.2) is 59.4 Å². The van der Waals surface area contributed by atoms with Gasteiger partial charge in [0.05, 0.1) is 18.8 Å². The lowest BCUT2D eigenvalue weighted by Crippen LogP contribution is -2.31. The summed E-state index contributed by atoms with van der Waals surface area (Å²) in [5.74, 6) is 1.04. The Bertz CT molecular complexity index is 1330. The lowest BCUT2D eigenvalue weighted by molar-refractivity contribution is 0.0983. The maximum atomic E-state index is 13.5. The number of nitrogens with zero attached hydrogens (tertiary/aromatic N) is 4. The predicted octanol–water partition coefficient (Wildman–Crippen LogP) is 4.31. The van der Waals surface area contributed by atoms with Gasteiger partial charge in [-0.3, -0.25) is 19.6 Å². The number of carbonyl (C=O) groups excluding carboxylic acids is 1. The molecule has 4 aromatic rings. The summed E-state index contributed by atoms with van der Waals surface area (Å²) >= 11 is 0. The average molecular weight is 460 g/mol. The van der Waals surface area contributed by atoms with E-state index >= 15 is 0 Å². The molecule has 0 aliphatic rings. The Balaban J connectivity index is 1.75. The van der Waals surface area contributed by atoms with Gasteiger partial charge in [-0.25, -0.2) is 4.98 Å². The quantitative estimate of drug-likeness (QED) is 0.403. The van der Waals surface area contributed by atoms with Crippen LogP contribution in [0.25, 0.3) is 5.78 Å². The molecular formula is C26H29N5O3. The minimum Gasteiger partial charge on any atom is -0.494 e. The Hall–Kier alpha value is -3.94. The smallest absolute Gasteiger partial charge is 0.277 e. The minimum atomic E-state index is -0.232. The van der Waals surface area contributed by atoms with Gasteiger partial charge in [0.2, 0.25) is 5.95 Å². The number of hydrogen-bond acceptors (Lipinski definition) is 5. The number of anilines is 1. The number of unbranched alkanes of at least 4 members (excludes halogenated alkanes) is 1. The molecule has 0 radical (unpaired) electrons. The van der Waals surface area contributed by atoms with Gasteiger partial charge in [-0.15, -0.1) is 0 Å². The van der Waals surface area contributed by atoms with Crippen LogP contribution in [-0.2, 0) is 13.0 Å². The standard InChI is InChI=1S/C26H29N5O3/c1-4-6-12-22-18(3)27-25-28-26(29-31(25)24(22)33)30(23(32)20-10-8-7-9-11-20)17-19-13-15-21(16-14-19)34-5-2/h7-11,13-16H,4-6,12,17H2,1-3H3,(H,27,28,29). The summed E-state index contributed by atoms with van der Waals surface area (Å²) in [5, 5.41) is 3.02. The Morgan fingerprint density at radius 3 is 2.47 bits per heavy atom. The maximum absolute atomic E-state index is 13.5. The first kappa shape index (κ1) is 23.2. The molecule has 0 bridgehead atoms. The molecule has 8 heteroatoms. The normalized spacial score (nSPS) is 11.0. The Kier molecular flexibility index (Phi) is 7.06. The van der Waals surface area contributed by atoms with Gasteiger partial charge in [-0.2, -0.15) is 9.50 Å². The van der Waals surface area contributed by atoms with E-state index in [2.05, 4.69) is 22.0 Å². The predicted molar refractivity (Wildman–Crippen MR) is 132 cm³/mol. The largest absolute Gasteiger partial charge is 0.494 e. The molecule has 0 saturated carbocycles. The van der Waals surface area contributed by atoms with Crippen LogP contribution in [-0.4, -0.2) is 32.1 Å². The summed E-state index contributed by atoms with van der Waals surface area (Å²) < 4.78 is 6.86. The van der Waals surface area contributed by atoms with Crippen molar-refractivity contribution in [2.75, 3.05) is 11.5 Å². The molecule has 0 saturated heterocycles. The summed E-state index contributed by atoms with van der Waals surface area (Å²) in [7, 11) is 0. The number of aryl methyl sites for hydroxylation is 1. The Labute approximate surface area is 198 Å². The van der Waals surface area contributed by atoms with Crippen molar-refractivity contribution in [1.82, 2.24) is 19.6 Å². The number of benzene rings is 2. The molecule has 0 fully saturated rings. The van der Waals surface area contributed by atoms with Crippen molar-refractivity contribution in [3.8, 4) is 5.75 Å². The second-order valence-electron chi connectivity index (χ2n) is 8.10. The molecule has 1 N–H and O–H groups in total. The third-order valence-electron chi connectivity index (χ3n) is 5.66. The van der Waals surface area contributed by atoms with E-state index < -0.39 is 0 Å². The van der Waals surface area contributed by atoms with Crippen LogP contribution < -0.4 is 15.2 Å². The van der Waals surface area contributed by atoms with E-state index in [0.29, 0.717) is 29.8 Å². The lowest BCUT2D eigenvalue weighted by atomic mass is 10.1. The summed E-state index contributed by atoms with van der Waals surface area (Å²) in [6, 6.07) is 16.6. The summed E-state index contributed by atoms with van der Waals surface area (Å²) in [5.41, 5.74) is 2.58. The monoisotopic (exact) mass is 459 g/mol. The first-order valence-corrected chi connectivity index (χ1v) is 11.6. The number of amides is 1. The fourth-order valence-electron chi connectivity index (χ4n) is 3.83. The number of carbonyl (C=O) groups is 1. The molecule has 4 rings (SSSR count). The molecule has 34 heavy (non-hydrogen) atoms. The zero-order valence-electron chi connectivity index (χ0n) is 19.7. The van der Waals surface area contributed by atoms with Crippen molar-refractivity contribution in [1.29, 1.82) is 0 Å². The van der Waals surface area contributed by atoms with Crippen LogP contribution >= 0.6 is 0 Å². The van der Waals surface area contributed by atoms with E-state index in [1.165, 1.54) is 9.42 Å². The minimum absolute atomic E-state index is 0.178. The van der Waals surface area contributed by atoms with Crippen LogP contribution in [0.2, 0.25) is 0 Å². The number of aromatic nitrogens is 4. The molecule has 0 unspecified atom stereocenters. The van der Waals surface area contributed by atoms with Gasteiger partial charge in [0.1, 0.15) is 5.75 Å². The second kappa shape index (κ2) is 10.3. The number of aromatic amines is 1. The topological polar surface area (TPSA) is 92.6 Å². The molecule has 0 atom stereocenters. The number of H-pyrrole nitrogens is 1. The number of ether oxygens (including phenoxy) is 1. The molecule has 2 heterocycles. The number of rotatable bonds is 9. The molecule has 2 aromatic carbocycles. The van der Waals surface area contributed by atoms with Crippen LogP contribution in [0.4, 0.5) is 5.95 Å². The van der Waals surface area contributed by atoms with Crippen LogP contribution in [0.3, 0.4) is 0 Å². The summed E-state index contributed by atoms with van der Waals surface area (Å²) in [4.78, 5) is 37.2. The van der Waals surface area contributed by atoms with E-state index in [1.54, 1.807) is 12.1 Å². The Morgan fingerprint density at radius 1 is 1.06 bits per heavy atom. The zero-order chi connectivity index (χ0) is 24.1. The summed E-state index contributed by atoms with van der Waals surface area (Å²) in [6.45, 7) is 6.69. The molecule has 1 amide bonds. The number of hydrogen-bond donors (Lipinski definition) is 1. The van der Waals surface area contributed by atoms with Crippen molar-refractivity contribution in [3.63, 3.8) is 0 Å². The highest BCUT2D eigenvalue weighted by molar-refractivity contribution is 6.05. The van der Waals surface area contributed by atoms with Crippen molar-refractivity contribution in [2.45, 2.75) is 46.6 Å². The molecule has 0 aliphatic heterocycles. The molecule has 0 aliphatic carbocycles. The first-order chi connectivity index (χ1) is 16.5. The number of nitrogens with one attached hydrogen (secondary N) is 1. The third kappa shape index (κ3) is 4.85. The van der Waals surface area contributed by atoms with Crippen LogP contribution in [0, 0.1) is 6.92 Å². The summed E-state index contributed by atoms with van der Waals surface area (Å²) in [6.07, 6.45) is 2.54. The fourth-order valence-corrected chi connectivity index (χ4v) is 3.83. The highest BCUT2D eigenvalue weighted by Gasteiger charge is 2.23. The third-order valence-corrected chi connectivity index (χ3v) is 5.66. The van der Waals surface area contributed by atoms with E-state index in [0.717, 1.165) is 24.2 Å². The van der Waals surface area contributed by atoms with E-state index in [-0.39, 0.29) is 29.7 Å². The van der Waals surface area contributed by atoms with Gasteiger partial charge in [-0.1, -0.05) is 43.7 Å². The van der Waals surface area contributed by atoms with Crippen molar-refractivity contribution in [3.05, 3.63) is 87.3 Å². The molecule has 8 nitrogen and oxygen atoms in total. The average Bonchev–Trinajstić information content (AvgIpc) is 3.27. The lowest BCUT2D eigenvalue weighted by Gasteiger charge is -2.20. The van der Waals surface area contributed by atoms with Crippen molar-refractivity contribution >= 4 is 17.6 Å². The van der Waals surface area contributed by atoms with Gasteiger partial charge >= 0.3 is 0 Å². The number of fused-ring (bicyclic) bond motifs is 1. The highest BCUT2D eigenvalue weighted by Crippen LogP contribution is 2.20. The molecule has 176 valence electrons. The molecular weight excluding hydrogens is 430 g/mol. The van der Waals surface area contributed by atoms with E-state index in [4.69, 9.17) is 4.74 Å². The van der Waals surface area contributed by atoms with E-state index in [9.17, 15) is 9.59 Å². The highest BCUT2D eigenvalue weighted by atomic mass is 16.5. The molecule has 0 spiro atoms. The van der Waals surface area contributed by atoms with Gasteiger partial charge < -0.3 is 4.74 Å². The zero-order valence-corrected chi connectivity index (χ0v) is 19.7. The van der Waals surface area contributed by atoms with Crippen molar-refractivity contribution in [2.24, 2.45) is 0 Å². The van der Waals surface area contributed by atoms with Gasteiger partial charge in [-0.05, 0) is 56.5 Å². The van der Waals surface area contributed by atoms with Gasteiger partial charge in [0.25, 0.3) is 17.2 Å². The van der Waals surface area contributed by atoms with Crippen LogP contribution in [0.5, 0.6) is 5.75 Å². The van der Waals surface area contributed by atoms with Crippen molar-refractivity contribution < 1.29 is 9.53 Å². The maximum Gasteiger partial charge on any atom is 0.277 e. The SMILES string of the molecule is CCCCc1c(C)nc2nc(N(Cc3ccc(OCC)cc3)C(=O)c3ccccc3)[nH]n2c1=O. The van der Waals surface area contributed by atoms with Gasteiger partial charge in [0, 0.05) is 11.1 Å². The molecule has 2 aromatic heterocycles. The van der Waals surface area contributed by atoms with Crippen LogP contribution in [0.1, 0.15) is 53.9 Å². The van der Waals surface area contributed by atoms with Gasteiger partial charge in [0.15, 0.2) is 0 Å². The first-order valence-electron chi connectivity index (χ1n) is 11.6. The Morgan fingerprint density at radius 2 is 1.79 bits per heavy atom. The second-order valence-corrected chi connectivity index (χ2v) is 8.10.